The molecule has 2 N–H and O–H groups in total. The SMILES string of the molecule is COC(C)OCO[C@H]([C@H](CC1CCCCC1)NC(=O)OC(C)(C)C)[C@@H](O)CC#N. The van der Waals surface area contributed by atoms with Gasteiger partial charge in [-0.15, -0.1) is 0 Å². The summed E-state index contributed by atoms with van der Waals surface area (Å²) in [5.41, 5.74) is -0.641. The molecule has 1 rings (SSSR count). The Bertz CT molecular complexity index is 510. The van der Waals surface area contributed by atoms with Gasteiger partial charge in [0, 0.05) is 7.11 Å². The summed E-state index contributed by atoms with van der Waals surface area (Å²) in [6.45, 7) is 6.98. The van der Waals surface area contributed by atoms with Gasteiger partial charge in [0.05, 0.1) is 24.6 Å². The van der Waals surface area contributed by atoms with Crippen LogP contribution in [0.15, 0.2) is 0 Å². The van der Waals surface area contributed by atoms with Crippen molar-refractivity contribution in [3.05, 3.63) is 0 Å². The summed E-state index contributed by atoms with van der Waals surface area (Å²) in [7, 11) is 1.52. The van der Waals surface area contributed by atoms with Gasteiger partial charge in [-0.3, -0.25) is 0 Å². The maximum Gasteiger partial charge on any atom is 0.407 e. The van der Waals surface area contributed by atoms with E-state index < -0.39 is 36.2 Å². The van der Waals surface area contributed by atoms with Gasteiger partial charge in [0.25, 0.3) is 0 Å². The Labute approximate surface area is 174 Å². The molecular weight excluding hydrogens is 376 g/mol. The van der Waals surface area contributed by atoms with E-state index in [9.17, 15) is 9.90 Å². The van der Waals surface area contributed by atoms with Crippen molar-refractivity contribution in [2.45, 2.75) is 103 Å². The number of nitrogens with one attached hydrogen (secondary N) is 1. The van der Waals surface area contributed by atoms with Crippen molar-refractivity contribution < 1.29 is 28.8 Å². The van der Waals surface area contributed by atoms with Crippen LogP contribution >= 0.6 is 0 Å². The van der Waals surface area contributed by atoms with Gasteiger partial charge >= 0.3 is 6.09 Å². The highest BCUT2D eigenvalue weighted by atomic mass is 16.7. The molecule has 0 aromatic carbocycles. The van der Waals surface area contributed by atoms with E-state index >= 15 is 0 Å². The van der Waals surface area contributed by atoms with Crippen LogP contribution in [0.25, 0.3) is 0 Å². The third-order valence-electron chi connectivity index (χ3n) is 4.99. The quantitative estimate of drug-likeness (QED) is 0.498. The average molecular weight is 415 g/mol. The molecule has 0 aromatic heterocycles. The molecule has 0 aromatic rings. The molecule has 29 heavy (non-hydrogen) atoms. The van der Waals surface area contributed by atoms with Crippen molar-refractivity contribution in [1.29, 1.82) is 5.26 Å². The molecule has 1 amide bonds. The van der Waals surface area contributed by atoms with E-state index in [-0.39, 0.29) is 13.2 Å². The minimum Gasteiger partial charge on any atom is -0.444 e. The van der Waals surface area contributed by atoms with Crippen LogP contribution in [0.4, 0.5) is 4.79 Å². The lowest BCUT2D eigenvalue weighted by atomic mass is 9.83. The lowest BCUT2D eigenvalue weighted by Crippen LogP contribution is -2.52. The number of aliphatic hydroxyl groups excluding tert-OH is 1. The van der Waals surface area contributed by atoms with Crippen molar-refractivity contribution in [1.82, 2.24) is 5.32 Å². The molecule has 1 aliphatic carbocycles. The van der Waals surface area contributed by atoms with Gasteiger partial charge in [-0.25, -0.2) is 4.79 Å². The van der Waals surface area contributed by atoms with Crippen molar-refractivity contribution in [2.24, 2.45) is 5.92 Å². The summed E-state index contributed by atoms with van der Waals surface area (Å²) >= 11 is 0. The van der Waals surface area contributed by atoms with E-state index in [1.807, 2.05) is 6.07 Å². The van der Waals surface area contributed by atoms with Gasteiger partial charge in [-0.05, 0) is 40.0 Å². The van der Waals surface area contributed by atoms with Crippen LogP contribution in [-0.2, 0) is 18.9 Å². The minimum absolute atomic E-state index is 0.109. The first kappa shape index (κ1) is 25.6. The summed E-state index contributed by atoms with van der Waals surface area (Å²) in [6.07, 6.45) is 3.32. The minimum atomic E-state index is -1.06. The van der Waals surface area contributed by atoms with Crippen molar-refractivity contribution in [2.75, 3.05) is 13.9 Å². The highest BCUT2D eigenvalue weighted by Gasteiger charge is 2.34. The van der Waals surface area contributed by atoms with Crippen LogP contribution in [-0.4, -0.2) is 55.2 Å². The number of rotatable bonds is 11. The number of hydrogen-bond donors (Lipinski definition) is 2. The highest BCUT2D eigenvalue weighted by molar-refractivity contribution is 5.68. The lowest BCUT2D eigenvalue weighted by Gasteiger charge is -2.34. The molecule has 1 aliphatic rings. The molecule has 0 spiro atoms. The second-order valence-corrected chi connectivity index (χ2v) is 8.64. The summed E-state index contributed by atoms with van der Waals surface area (Å²) in [4.78, 5) is 12.4. The van der Waals surface area contributed by atoms with Crippen LogP contribution in [0.1, 0.15) is 72.6 Å². The average Bonchev–Trinajstić information content (AvgIpc) is 2.64. The van der Waals surface area contributed by atoms with E-state index in [4.69, 9.17) is 24.2 Å². The molecule has 0 saturated heterocycles. The number of amides is 1. The third-order valence-corrected chi connectivity index (χ3v) is 4.99. The standard InChI is InChI=1S/C21H38N2O6/c1-15(26-5)27-14-28-19(18(24)11-12-22)17(13-16-9-7-6-8-10-16)23-20(25)29-21(2,3)4/h15-19,24H,6-11,13-14H2,1-5H3,(H,23,25)/t15?,17-,18-,19+/m0/s1. The molecule has 0 bridgehead atoms. The number of aliphatic hydroxyl groups is 1. The number of hydrogen-bond acceptors (Lipinski definition) is 7. The predicted molar refractivity (Wildman–Crippen MR) is 108 cm³/mol. The van der Waals surface area contributed by atoms with E-state index in [2.05, 4.69) is 5.32 Å². The van der Waals surface area contributed by atoms with E-state index in [0.717, 1.165) is 25.7 Å². The second kappa shape index (κ2) is 13.0. The first-order chi connectivity index (χ1) is 13.7. The largest absolute Gasteiger partial charge is 0.444 e. The number of carbonyl (C=O) groups is 1. The second-order valence-electron chi connectivity index (χ2n) is 8.64. The maximum atomic E-state index is 12.4. The van der Waals surface area contributed by atoms with Crippen LogP contribution in [0.3, 0.4) is 0 Å². The zero-order valence-corrected chi connectivity index (χ0v) is 18.5. The summed E-state index contributed by atoms with van der Waals surface area (Å²) in [6, 6.07) is 1.47. The van der Waals surface area contributed by atoms with Crippen molar-refractivity contribution in [3.63, 3.8) is 0 Å². The topological polar surface area (TPSA) is 110 Å². The Morgan fingerprint density at radius 1 is 1.24 bits per heavy atom. The Hall–Kier alpha value is -1.40. The van der Waals surface area contributed by atoms with E-state index in [1.165, 1.54) is 13.5 Å². The van der Waals surface area contributed by atoms with E-state index in [1.54, 1.807) is 27.7 Å². The first-order valence-electron chi connectivity index (χ1n) is 10.5. The molecular formula is C21H38N2O6. The maximum absolute atomic E-state index is 12.4. The number of carbonyl (C=O) groups excluding carboxylic acids is 1. The fraction of sp³-hybridized carbons (Fsp3) is 0.905. The zero-order chi connectivity index (χ0) is 21.9. The van der Waals surface area contributed by atoms with Crippen LogP contribution < -0.4 is 5.32 Å². The molecule has 1 saturated carbocycles. The van der Waals surface area contributed by atoms with Crippen LogP contribution in [0, 0.1) is 17.2 Å². The number of methoxy groups -OCH3 is 1. The number of nitriles is 1. The number of ether oxygens (including phenoxy) is 4. The predicted octanol–water partition coefficient (Wildman–Crippen LogP) is 3.48. The van der Waals surface area contributed by atoms with Crippen molar-refractivity contribution >= 4 is 6.09 Å². The Kier molecular flexibility index (Phi) is 11.5. The Morgan fingerprint density at radius 2 is 1.90 bits per heavy atom. The summed E-state index contributed by atoms with van der Waals surface area (Å²) < 4.78 is 21.6. The highest BCUT2D eigenvalue weighted by Crippen LogP contribution is 2.29. The lowest BCUT2D eigenvalue weighted by molar-refractivity contribution is -0.204. The van der Waals surface area contributed by atoms with Gasteiger partial charge in [0.2, 0.25) is 0 Å². The molecule has 0 heterocycles. The molecule has 8 nitrogen and oxygen atoms in total. The van der Waals surface area contributed by atoms with E-state index in [0.29, 0.717) is 12.3 Å². The van der Waals surface area contributed by atoms with Crippen LogP contribution in [0.2, 0.25) is 0 Å². The molecule has 4 atom stereocenters. The molecule has 1 unspecified atom stereocenters. The van der Waals surface area contributed by atoms with Gasteiger partial charge in [-0.2, -0.15) is 5.26 Å². The third kappa shape index (κ3) is 10.8. The summed E-state index contributed by atoms with van der Waals surface area (Å²) in [5.74, 6) is 0.419. The summed E-state index contributed by atoms with van der Waals surface area (Å²) in [5, 5.41) is 22.5. The van der Waals surface area contributed by atoms with Gasteiger partial charge < -0.3 is 29.4 Å². The first-order valence-corrected chi connectivity index (χ1v) is 10.5. The van der Waals surface area contributed by atoms with Gasteiger partial charge in [0.1, 0.15) is 18.5 Å². The molecule has 168 valence electrons. The van der Waals surface area contributed by atoms with Crippen molar-refractivity contribution in [3.8, 4) is 6.07 Å². The van der Waals surface area contributed by atoms with Crippen LogP contribution in [0.5, 0.6) is 0 Å². The zero-order valence-electron chi connectivity index (χ0n) is 18.5. The Morgan fingerprint density at radius 3 is 2.45 bits per heavy atom. The Balaban J connectivity index is 2.91. The fourth-order valence-corrected chi connectivity index (χ4v) is 3.50. The number of nitrogens with zero attached hydrogens (tertiary/aromatic N) is 1. The molecule has 0 radical (unpaired) electrons. The van der Waals surface area contributed by atoms with Gasteiger partial charge in [0.15, 0.2) is 6.29 Å². The van der Waals surface area contributed by atoms with Gasteiger partial charge in [-0.1, -0.05) is 32.1 Å². The monoisotopic (exact) mass is 414 g/mol. The smallest absolute Gasteiger partial charge is 0.407 e. The normalized spacial score (nSPS) is 19.6. The molecule has 1 fully saturated rings. The fourth-order valence-electron chi connectivity index (χ4n) is 3.50. The molecule has 8 heteroatoms. The number of alkyl carbamates (subject to hydrolysis) is 1. The molecule has 0 aliphatic heterocycles.